The summed E-state index contributed by atoms with van der Waals surface area (Å²) in [6, 6.07) is 16.0. The first-order chi connectivity index (χ1) is 17.4. The Bertz CT molecular complexity index is 1540. The highest BCUT2D eigenvalue weighted by Crippen LogP contribution is 2.59. The van der Waals surface area contributed by atoms with E-state index < -0.39 is 47.7 Å². The molecule has 2 fully saturated rings. The fraction of sp³-hybridized carbons (Fsp3) is 0.217. The third-order valence-corrected chi connectivity index (χ3v) is 6.10. The number of alkyl halides is 1. The SMILES string of the molecule is Nc1nc2c(nnn2[C@@H]2O[C@@H]3C(OC(=O)c4ccccc4)[C@]3(F)[C@H]2OC(=O)c2ccccc2)c(=O)[nH]1. The average Bonchev–Trinajstić information content (AvgIpc) is 3.15. The lowest BCUT2D eigenvalue weighted by atomic mass is 10.1. The van der Waals surface area contributed by atoms with E-state index in [2.05, 4.69) is 20.3 Å². The van der Waals surface area contributed by atoms with Crippen LogP contribution in [0.2, 0.25) is 0 Å². The maximum atomic E-state index is 16.3. The minimum absolute atomic E-state index is 0.0928. The Balaban J connectivity index is 1.34. The number of nitrogens with zero attached hydrogens (tertiary/aromatic N) is 4. The summed E-state index contributed by atoms with van der Waals surface area (Å²) >= 11 is 0. The molecule has 12 nitrogen and oxygen atoms in total. The van der Waals surface area contributed by atoms with Crippen LogP contribution in [0.25, 0.3) is 11.2 Å². The van der Waals surface area contributed by atoms with Crippen molar-refractivity contribution in [1.29, 1.82) is 0 Å². The highest BCUT2D eigenvalue weighted by Gasteiger charge is 2.83. The van der Waals surface area contributed by atoms with Crippen LogP contribution < -0.4 is 11.3 Å². The van der Waals surface area contributed by atoms with Gasteiger partial charge in [-0.3, -0.25) is 9.78 Å². The van der Waals surface area contributed by atoms with Gasteiger partial charge in [-0.2, -0.15) is 9.67 Å². The number of carbonyl (C=O) groups excluding carboxylic acids is 2. The van der Waals surface area contributed by atoms with Crippen LogP contribution in [0.4, 0.5) is 10.3 Å². The molecule has 0 spiro atoms. The molecule has 36 heavy (non-hydrogen) atoms. The predicted octanol–water partition coefficient (Wildman–Crippen LogP) is 1.17. The molecule has 2 aromatic heterocycles. The van der Waals surface area contributed by atoms with Crippen molar-refractivity contribution in [2.24, 2.45) is 0 Å². The summed E-state index contributed by atoms with van der Waals surface area (Å²) in [5.74, 6) is -1.81. The fourth-order valence-electron chi connectivity index (χ4n) is 4.29. The Hall–Kier alpha value is -4.65. The molecule has 1 saturated carbocycles. The van der Waals surface area contributed by atoms with E-state index in [4.69, 9.17) is 19.9 Å². The summed E-state index contributed by atoms with van der Waals surface area (Å²) in [7, 11) is 0. The van der Waals surface area contributed by atoms with Gasteiger partial charge in [-0.25, -0.2) is 14.0 Å². The van der Waals surface area contributed by atoms with Gasteiger partial charge in [0.2, 0.25) is 11.6 Å². The number of hydrogen-bond donors (Lipinski definition) is 2. The number of aromatic amines is 1. The number of H-pyrrole nitrogens is 1. The standard InChI is InChI=1S/C23H17FN6O6/c24-23-14(15(23)35-20(32)11-7-3-1-4-8-11)34-19(16(23)36-21(33)12-9-5-2-6-10-12)30-17-13(28-29-30)18(31)27-22(25)26-17/h1-10,14-16,19H,(H3,25,26,27,31)/t14-,15?,16+,19-,23+/m1/s1. The van der Waals surface area contributed by atoms with E-state index in [1.807, 2.05) is 0 Å². The Morgan fingerprint density at radius 3 is 2.19 bits per heavy atom. The lowest BCUT2D eigenvalue weighted by Gasteiger charge is -2.25. The molecule has 1 unspecified atom stereocenters. The number of benzene rings is 2. The number of carbonyl (C=O) groups is 2. The van der Waals surface area contributed by atoms with Crippen molar-refractivity contribution < 1.29 is 28.2 Å². The lowest BCUT2D eigenvalue weighted by molar-refractivity contribution is -0.0971. The molecule has 2 aromatic carbocycles. The van der Waals surface area contributed by atoms with Gasteiger partial charge in [0.25, 0.3) is 5.56 Å². The van der Waals surface area contributed by atoms with Crippen molar-refractivity contribution in [2.45, 2.75) is 30.2 Å². The molecule has 5 atom stereocenters. The maximum absolute atomic E-state index is 16.3. The third-order valence-electron chi connectivity index (χ3n) is 6.10. The van der Waals surface area contributed by atoms with Crippen LogP contribution in [0.1, 0.15) is 26.9 Å². The number of fused-ring (bicyclic) bond motifs is 2. The number of ether oxygens (including phenoxy) is 3. The molecule has 182 valence electrons. The zero-order chi connectivity index (χ0) is 25.0. The van der Waals surface area contributed by atoms with Crippen LogP contribution in [-0.4, -0.2) is 60.9 Å². The minimum atomic E-state index is -2.38. The summed E-state index contributed by atoms with van der Waals surface area (Å²) in [4.78, 5) is 43.9. The Morgan fingerprint density at radius 1 is 1.00 bits per heavy atom. The molecule has 1 aliphatic carbocycles. The number of nitrogens with two attached hydrogens (primary N) is 1. The van der Waals surface area contributed by atoms with Gasteiger partial charge in [-0.1, -0.05) is 41.6 Å². The van der Waals surface area contributed by atoms with Crippen molar-refractivity contribution >= 4 is 29.1 Å². The highest BCUT2D eigenvalue weighted by atomic mass is 19.1. The number of nitrogens with one attached hydrogen (secondary N) is 1. The number of esters is 2. The summed E-state index contributed by atoms with van der Waals surface area (Å²) in [5, 5.41) is 7.64. The normalized spacial score (nSPS) is 26.4. The second kappa shape index (κ2) is 7.95. The van der Waals surface area contributed by atoms with Crippen LogP contribution in [0, 0.1) is 0 Å². The third kappa shape index (κ3) is 3.32. The number of halogens is 1. The molecule has 1 saturated heterocycles. The maximum Gasteiger partial charge on any atom is 0.338 e. The number of hydrogen-bond acceptors (Lipinski definition) is 10. The second-order valence-corrected chi connectivity index (χ2v) is 8.32. The van der Waals surface area contributed by atoms with Gasteiger partial charge in [-0.05, 0) is 24.3 Å². The average molecular weight is 492 g/mol. The zero-order valence-corrected chi connectivity index (χ0v) is 18.3. The molecular weight excluding hydrogens is 475 g/mol. The van der Waals surface area contributed by atoms with E-state index in [1.165, 1.54) is 24.3 Å². The predicted molar refractivity (Wildman–Crippen MR) is 119 cm³/mol. The van der Waals surface area contributed by atoms with Crippen molar-refractivity contribution in [2.75, 3.05) is 5.73 Å². The van der Waals surface area contributed by atoms with Crippen LogP contribution in [0.5, 0.6) is 0 Å². The van der Waals surface area contributed by atoms with E-state index >= 15 is 4.39 Å². The van der Waals surface area contributed by atoms with Gasteiger partial charge < -0.3 is 19.9 Å². The Labute approximate surface area is 200 Å². The molecule has 6 rings (SSSR count). The quantitative estimate of drug-likeness (QED) is 0.386. The zero-order valence-electron chi connectivity index (χ0n) is 18.3. The number of aromatic nitrogens is 5. The van der Waals surface area contributed by atoms with Gasteiger partial charge in [0, 0.05) is 0 Å². The molecule has 2 aliphatic rings. The van der Waals surface area contributed by atoms with Crippen molar-refractivity contribution in [3.63, 3.8) is 0 Å². The fourth-order valence-corrected chi connectivity index (χ4v) is 4.29. The molecular formula is C23H17FN6O6. The largest absolute Gasteiger partial charge is 0.452 e. The molecule has 13 heteroatoms. The van der Waals surface area contributed by atoms with Gasteiger partial charge >= 0.3 is 11.9 Å². The van der Waals surface area contributed by atoms with E-state index in [-0.39, 0.29) is 28.2 Å². The number of rotatable bonds is 5. The van der Waals surface area contributed by atoms with Crippen LogP contribution in [0.3, 0.4) is 0 Å². The molecule has 3 N–H and O–H groups in total. The molecule has 4 aromatic rings. The van der Waals surface area contributed by atoms with Gasteiger partial charge in [0.1, 0.15) is 6.10 Å². The summed E-state index contributed by atoms with van der Waals surface area (Å²) in [5.41, 5.74) is 2.74. The molecule has 0 radical (unpaired) electrons. The minimum Gasteiger partial charge on any atom is -0.452 e. The van der Waals surface area contributed by atoms with Gasteiger partial charge in [-0.15, -0.1) is 5.10 Å². The Morgan fingerprint density at radius 2 is 1.58 bits per heavy atom. The molecule has 0 bridgehead atoms. The molecule has 3 heterocycles. The summed E-state index contributed by atoms with van der Waals surface area (Å²) < 4.78 is 34.1. The first-order valence-electron chi connectivity index (χ1n) is 10.8. The van der Waals surface area contributed by atoms with Gasteiger partial charge in [0.15, 0.2) is 29.6 Å². The molecule has 1 aliphatic heterocycles. The van der Waals surface area contributed by atoms with Crippen LogP contribution in [0.15, 0.2) is 65.5 Å². The number of anilines is 1. The second-order valence-electron chi connectivity index (χ2n) is 8.32. The van der Waals surface area contributed by atoms with Gasteiger partial charge in [0.05, 0.1) is 11.1 Å². The smallest absolute Gasteiger partial charge is 0.338 e. The van der Waals surface area contributed by atoms with E-state index in [1.54, 1.807) is 36.4 Å². The lowest BCUT2D eigenvalue weighted by Crippen LogP contribution is -2.39. The van der Waals surface area contributed by atoms with Crippen LogP contribution in [-0.2, 0) is 14.2 Å². The Kier molecular flexibility index (Phi) is 4.83. The van der Waals surface area contributed by atoms with E-state index in [0.29, 0.717) is 0 Å². The van der Waals surface area contributed by atoms with Crippen LogP contribution >= 0.6 is 0 Å². The monoisotopic (exact) mass is 492 g/mol. The van der Waals surface area contributed by atoms with E-state index in [9.17, 15) is 14.4 Å². The van der Waals surface area contributed by atoms with Crippen molar-refractivity contribution in [3.8, 4) is 0 Å². The highest BCUT2D eigenvalue weighted by molar-refractivity contribution is 5.90. The first-order valence-corrected chi connectivity index (χ1v) is 10.8. The molecule has 0 amide bonds. The summed E-state index contributed by atoms with van der Waals surface area (Å²) in [6.07, 6.45) is -5.58. The first kappa shape index (κ1) is 21.9. The van der Waals surface area contributed by atoms with Crippen molar-refractivity contribution in [1.82, 2.24) is 25.0 Å². The topological polar surface area (TPSA) is 164 Å². The van der Waals surface area contributed by atoms with E-state index in [0.717, 1.165) is 4.68 Å². The van der Waals surface area contributed by atoms with Crippen molar-refractivity contribution in [3.05, 3.63) is 82.1 Å². The summed E-state index contributed by atoms with van der Waals surface area (Å²) in [6.45, 7) is 0. The number of nitrogen functional groups attached to an aromatic ring is 1.